The minimum absolute atomic E-state index is 0.0100. The van der Waals surface area contributed by atoms with Gasteiger partial charge in [-0.3, -0.25) is 4.79 Å². The van der Waals surface area contributed by atoms with Gasteiger partial charge in [0.15, 0.2) is 0 Å². The van der Waals surface area contributed by atoms with E-state index < -0.39 is 0 Å². The summed E-state index contributed by atoms with van der Waals surface area (Å²) in [7, 11) is 0. The molecule has 0 heterocycles. The van der Waals surface area contributed by atoms with Gasteiger partial charge in [0.25, 0.3) is 0 Å². The molecule has 0 spiro atoms. The number of para-hydroxylation sites is 1. The fourth-order valence-electron chi connectivity index (χ4n) is 2.57. The van der Waals surface area contributed by atoms with Gasteiger partial charge in [0.2, 0.25) is 5.91 Å². The van der Waals surface area contributed by atoms with Gasteiger partial charge in [-0.15, -0.1) is 0 Å². The molecule has 0 aliphatic carbocycles. The smallest absolute Gasteiger partial charge is 0.238 e. The number of nitrogens with one attached hydrogen (secondary N) is 2. The first-order valence-electron chi connectivity index (χ1n) is 8.21. The molecule has 0 aromatic heterocycles. The van der Waals surface area contributed by atoms with Crippen LogP contribution in [0.2, 0.25) is 5.02 Å². The normalized spacial score (nSPS) is 11.3. The van der Waals surface area contributed by atoms with Crippen molar-refractivity contribution in [2.45, 2.75) is 32.6 Å². The molecule has 0 fully saturated rings. The van der Waals surface area contributed by atoms with Gasteiger partial charge in [0.05, 0.1) is 6.54 Å². The molecule has 2 aromatic rings. The first-order chi connectivity index (χ1) is 11.4. The maximum atomic E-state index is 12.2. The van der Waals surface area contributed by atoms with E-state index in [-0.39, 0.29) is 11.3 Å². The lowest BCUT2D eigenvalue weighted by molar-refractivity contribution is -0.115. The quantitative estimate of drug-likeness (QED) is 0.762. The van der Waals surface area contributed by atoms with Crippen molar-refractivity contribution in [2.75, 3.05) is 18.4 Å². The molecule has 0 aliphatic rings. The number of rotatable bonds is 6. The van der Waals surface area contributed by atoms with Crippen LogP contribution in [0.5, 0.6) is 0 Å². The first kappa shape index (κ1) is 18.5. The second-order valence-corrected chi connectivity index (χ2v) is 7.34. The van der Waals surface area contributed by atoms with Crippen molar-refractivity contribution in [1.29, 1.82) is 0 Å². The summed E-state index contributed by atoms with van der Waals surface area (Å²) in [6.45, 7) is 7.44. The third-order valence-electron chi connectivity index (χ3n) is 3.77. The van der Waals surface area contributed by atoms with Crippen molar-refractivity contribution in [1.82, 2.24) is 5.32 Å². The molecule has 0 unspecified atom stereocenters. The van der Waals surface area contributed by atoms with Gasteiger partial charge in [0, 0.05) is 10.7 Å². The average molecular weight is 345 g/mol. The van der Waals surface area contributed by atoms with Crippen LogP contribution in [-0.4, -0.2) is 19.0 Å². The molecule has 2 rings (SSSR count). The lowest BCUT2D eigenvalue weighted by atomic mass is 9.86. The molecule has 0 radical (unpaired) electrons. The number of hydrogen-bond acceptors (Lipinski definition) is 2. The highest BCUT2D eigenvalue weighted by Gasteiger charge is 2.18. The standard InChI is InChI=1S/C20H25ClN2O/c1-20(2,3)17-9-4-5-10-18(17)23-19(24)14-22-12-11-15-7-6-8-16(21)13-15/h4-10,13,22H,11-12,14H2,1-3H3,(H,23,24). The zero-order valence-electron chi connectivity index (χ0n) is 14.5. The summed E-state index contributed by atoms with van der Waals surface area (Å²) in [6.07, 6.45) is 0.840. The topological polar surface area (TPSA) is 41.1 Å². The monoisotopic (exact) mass is 344 g/mol. The Balaban J connectivity index is 1.82. The fourth-order valence-corrected chi connectivity index (χ4v) is 2.78. The third-order valence-corrected chi connectivity index (χ3v) is 4.01. The highest BCUT2D eigenvalue weighted by atomic mass is 35.5. The molecule has 0 bridgehead atoms. The Bertz CT molecular complexity index is 692. The van der Waals surface area contributed by atoms with Crippen LogP contribution in [0, 0.1) is 0 Å². The van der Waals surface area contributed by atoms with Crippen LogP contribution in [0.25, 0.3) is 0 Å². The van der Waals surface area contributed by atoms with Crippen LogP contribution in [0.3, 0.4) is 0 Å². The van der Waals surface area contributed by atoms with Crippen molar-refractivity contribution in [2.24, 2.45) is 0 Å². The predicted octanol–water partition coefficient (Wildman–Crippen LogP) is 4.41. The largest absolute Gasteiger partial charge is 0.325 e. The van der Waals surface area contributed by atoms with Crippen LogP contribution >= 0.6 is 11.6 Å². The van der Waals surface area contributed by atoms with Crippen molar-refractivity contribution >= 4 is 23.2 Å². The van der Waals surface area contributed by atoms with E-state index in [0.29, 0.717) is 6.54 Å². The molecule has 0 saturated heterocycles. The van der Waals surface area contributed by atoms with Crippen molar-refractivity contribution in [3.63, 3.8) is 0 Å². The van der Waals surface area contributed by atoms with E-state index >= 15 is 0 Å². The summed E-state index contributed by atoms with van der Waals surface area (Å²) in [4.78, 5) is 12.2. The lowest BCUT2D eigenvalue weighted by Gasteiger charge is -2.23. The SMILES string of the molecule is CC(C)(C)c1ccccc1NC(=O)CNCCc1cccc(Cl)c1. The molecule has 1 amide bonds. The predicted molar refractivity (Wildman–Crippen MR) is 102 cm³/mol. The number of halogens is 1. The zero-order valence-corrected chi connectivity index (χ0v) is 15.3. The molecule has 3 nitrogen and oxygen atoms in total. The van der Waals surface area contributed by atoms with Crippen molar-refractivity contribution in [3.05, 3.63) is 64.7 Å². The van der Waals surface area contributed by atoms with Gasteiger partial charge in [-0.05, 0) is 47.7 Å². The number of carbonyl (C=O) groups is 1. The van der Waals surface area contributed by atoms with Gasteiger partial charge in [-0.1, -0.05) is 62.7 Å². The Morgan fingerprint density at radius 1 is 1.08 bits per heavy atom. The van der Waals surface area contributed by atoms with Crippen LogP contribution in [0.15, 0.2) is 48.5 Å². The number of hydrogen-bond donors (Lipinski definition) is 2. The van der Waals surface area contributed by atoms with Gasteiger partial charge in [-0.2, -0.15) is 0 Å². The van der Waals surface area contributed by atoms with E-state index in [1.807, 2.05) is 42.5 Å². The highest BCUT2D eigenvalue weighted by molar-refractivity contribution is 6.30. The first-order valence-corrected chi connectivity index (χ1v) is 8.58. The minimum Gasteiger partial charge on any atom is -0.325 e. The molecule has 0 atom stereocenters. The van der Waals surface area contributed by atoms with Crippen LogP contribution in [0.1, 0.15) is 31.9 Å². The molecule has 2 aromatic carbocycles. The van der Waals surface area contributed by atoms with E-state index in [2.05, 4.69) is 37.5 Å². The summed E-state index contributed by atoms with van der Waals surface area (Å²) in [5, 5.41) is 6.92. The summed E-state index contributed by atoms with van der Waals surface area (Å²) in [5.74, 6) is -0.0298. The Labute approximate surface area is 149 Å². The second kappa shape index (κ2) is 8.32. The maximum absolute atomic E-state index is 12.2. The van der Waals surface area contributed by atoms with E-state index in [1.165, 1.54) is 0 Å². The molecular weight excluding hydrogens is 320 g/mol. The Morgan fingerprint density at radius 2 is 1.83 bits per heavy atom. The van der Waals surface area contributed by atoms with E-state index in [4.69, 9.17) is 11.6 Å². The van der Waals surface area contributed by atoms with Crippen LogP contribution in [-0.2, 0) is 16.6 Å². The summed E-state index contributed by atoms with van der Waals surface area (Å²) < 4.78 is 0. The van der Waals surface area contributed by atoms with E-state index in [0.717, 1.165) is 34.8 Å². The second-order valence-electron chi connectivity index (χ2n) is 6.90. The summed E-state index contributed by atoms with van der Waals surface area (Å²) in [5.41, 5.74) is 3.17. The average Bonchev–Trinajstić information content (AvgIpc) is 2.51. The molecule has 0 aliphatic heterocycles. The lowest BCUT2D eigenvalue weighted by Crippen LogP contribution is -2.30. The molecule has 4 heteroatoms. The molecule has 0 saturated carbocycles. The molecule has 24 heavy (non-hydrogen) atoms. The number of amides is 1. The van der Waals surface area contributed by atoms with Crippen molar-refractivity contribution < 1.29 is 4.79 Å². The van der Waals surface area contributed by atoms with Crippen LogP contribution < -0.4 is 10.6 Å². The Kier molecular flexibility index (Phi) is 6.41. The van der Waals surface area contributed by atoms with Gasteiger partial charge >= 0.3 is 0 Å². The zero-order chi connectivity index (χ0) is 17.6. The molecule has 128 valence electrons. The van der Waals surface area contributed by atoms with Crippen LogP contribution in [0.4, 0.5) is 5.69 Å². The number of benzene rings is 2. The third kappa shape index (κ3) is 5.66. The van der Waals surface area contributed by atoms with Gasteiger partial charge in [0.1, 0.15) is 0 Å². The Morgan fingerprint density at radius 3 is 2.54 bits per heavy atom. The van der Waals surface area contributed by atoms with E-state index in [1.54, 1.807) is 0 Å². The minimum atomic E-state index is -0.0298. The number of carbonyl (C=O) groups excluding carboxylic acids is 1. The Hall–Kier alpha value is -1.84. The summed E-state index contributed by atoms with van der Waals surface area (Å²) in [6, 6.07) is 15.7. The summed E-state index contributed by atoms with van der Waals surface area (Å²) >= 11 is 5.97. The number of anilines is 1. The highest BCUT2D eigenvalue weighted by Crippen LogP contribution is 2.29. The van der Waals surface area contributed by atoms with Crippen molar-refractivity contribution in [3.8, 4) is 0 Å². The van der Waals surface area contributed by atoms with Gasteiger partial charge < -0.3 is 10.6 Å². The molecular formula is C20H25ClN2O. The van der Waals surface area contributed by atoms with Gasteiger partial charge in [-0.25, -0.2) is 0 Å². The van der Waals surface area contributed by atoms with E-state index in [9.17, 15) is 4.79 Å². The maximum Gasteiger partial charge on any atom is 0.238 e. The fraction of sp³-hybridized carbons (Fsp3) is 0.350. The molecule has 2 N–H and O–H groups in total.